The zero-order chi connectivity index (χ0) is 16.4. The van der Waals surface area contributed by atoms with Gasteiger partial charge in [0, 0.05) is 25.9 Å². The molecule has 0 aliphatic rings. The Kier molecular flexibility index (Phi) is 4.25. The fraction of sp³-hybridized carbons (Fsp3) is 0.353. The van der Waals surface area contributed by atoms with Gasteiger partial charge in [0.05, 0.1) is 17.6 Å². The van der Waals surface area contributed by atoms with Crippen LogP contribution in [-0.4, -0.2) is 26.6 Å². The number of rotatable bonds is 5. The number of benzene rings is 1. The predicted octanol–water partition coefficient (Wildman–Crippen LogP) is 2.74. The molecule has 0 unspecified atom stereocenters. The molecule has 0 aliphatic heterocycles. The highest BCUT2D eigenvalue weighted by atomic mass is 16.5. The van der Waals surface area contributed by atoms with Crippen LogP contribution in [-0.2, 0) is 24.9 Å². The van der Waals surface area contributed by atoms with E-state index in [1.54, 1.807) is 7.11 Å². The largest absolute Gasteiger partial charge is 0.377 e. The Balaban J connectivity index is 1.82. The summed E-state index contributed by atoms with van der Waals surface area (Å²) in [5, 5.41) is 3.33. The van der Waals surface area contributed by atoms with E-state index in [9.17, 15) is 0 Å². The molecular formula is C17H21N5O. The van der Waals surface area contributed by atoms with E-state index in [-0.39, 0.29) is 0 Å². The molecule has 3 rings (SSSR count). The monoisotopic (exact) mass is 311 g/mol. The van der Waals surface area contributed by atoms with Crippen molar-refractivity contribution in [2.24, 2.45) is 7.05 Å². The quantitative estimate of drug-likeness (QED) is 0.785. The second-order valence-corrected chi connectivity index (χ2v) is 5.68. The van der Waals surface area contributed by atoms with Gasteiger partial charge >= 0.3 is 0 Å². The zero-order valence-corrected chi connectivity index (χ0v) is 13.9. The van der Waals surface area contributed by atoms with Crippen molar-refractivity contribution >= 4 is 16.9 Å². The van der Waals surface area contributed by atoms with E-state index in [1.165, 1.54) is 5.56 Å². The molecule has 6 heteroatoms. The van der Waals surface area contributed by atoms with Crippen LogP contribution in [0.2, 0.25) is 0 Å². The lowest BCUT2D eigenvalue weighted by molar-refractivity contribution is 0.177. The van der Waals surface area contributed by atoms with Crippen LogP contribution in [0.15, 0.2) is 24.3 Å². The lowest BCUT2D eigenvalue weighted by Crippen LogP contribution is -2.09. The highest BCUT2D eigenvalue weighted by molar-refractivity contribution is 5.76. The number of fused-ring (bicyclic) bond motifs is 1. The van der Waals surface area contributed by atoms with Crippen LogP contribution in [0.3, 0.4) is 0 Å². The third kappa shape index (κ3) is 3.32. The zero-order valence-electron chi connectivity index (χ0n) is 13.9. The smallest absolute Gasteiger partial charge is 0.156 e. The van der Waals surface area contributed by atoms with Crippen molar-refractivity contribution in [2.75, 3.05) is 12.4 Å². The van der Waals surface area contributed by atoms with Crippen molar-refractivity contribution in [3.8, 4) is 0 Å². The van der Waals surface area contributed by atoms with E-state index >= 15 is 0 Å². The molecular weight excluding hydrogens is 290 g/mol. The Labute approximate surface area is 135 Å². The van der Waals surface area contributed by atoms with Gasteiger partial charge in [0.2, 0.25) is 0 Å². The first-order chi connectivity index (χ1) is 11.1. The lowest BCUT2D eigenvalue weighted by Gasteiger charge is -2.08. The Morgan fingerprint density at radius 1 is 1.13 bits per heavy atom. The van der Waals surface area contributed by atoms with Crippen LogP contribution in [0.4, 0.5) is 5.82 Å². The number of aryl methyl sites for hydroxylation is 3. The fourth-order valence-electron chi connectivity index (χ4n) is 2.60. The van der Waals surface area contributed by atoms with Crippen molar-refractivity contribution in [1.29, 1.82) is 0 Å². The number of ether oxygens (including phenoxy) is 1. The van der Waals surface area contributed by atoms with E-state index in [0.717, 1.165) is 28.4 Å². The summed E-state index contributed by atoms with van der Waals surface area (Å²) in [6, 6.07) is 8.23. The number of imidazole rings is 1. The summed E-state index contributed by atoms with van der Waals surface area (Å²) < 4.78 is 7.20. The molecule has 0 amide bonds. The topological polar surface area (TPSA) is 64.9 Å². The Hall–Kier alpha value is -2.47. The number of nitrogens with zero attached hydrogens (tertiary/aromatic N) is 4. The number of anilines is 1. The van der Waals surface area contributed by atoms with Gasteiger partial charge in [0.25, 0.3) is 0 Å². The SMILES string of the molecule is COCc1nc(C)cc(NCc2nc3cc(C)ccc3n2C)n1. The molecule has 3 aromatic rings. The minimum atomic E-state index is 0.405. The molecule has 1 aromatic carbocycles. The molecule has 1 N–H and O–H groups in total. The summed E-state index contributed by atoms with van der Waals surface area (Å²) >= 11 is 0. The standard InChI is InChI=1S/C17H21N5O/c1-11-5-6-14-13(7-11)20-17(22(14)3)9-18-15-8-12(2)19-16(21-15)10-23-4/h5-8H,9-10H2,1-4H3,(H,18,19,21). The van der Waals surface area contributed by atoms with Crippen LogP contribution in [0.1, 0.15) is 22.9 Å². The summed E-state index contributed by atoms with van der Waals surface area (Å²) in [5.41, 5.74) is 4.27. The molecule has 2 aromatic heterocycles. The Morgan fingerprint density at radius 3 is 2.74 bits per heavy atom. The van der Waals surface area contributed by atoms with Crippen LogP contribution in [0.5, 0.6) is 0 Å². The summed E-state index contributed by atoms with van der Waals surface area (Å²) in [6.45, 7) is 5.03. The number of methoxy groups -OCH3 is 1. The number of aromatic nitrogens is 4. The van der Waals surface area contributed by atoms with Gasteiger partial charge in [-0.1, -0.05) is 6.07 Å². The molecule has 0 radical (unpaired) electrons. The fourth-order valence-corrected chi connectivity index (χ4v) is 2.60. The van der Waals surface area contributed by atoms with Gasteiger partial charge in [-0.15, -0.1) is 0 Å². The third-order valence-corrected chi connectivity index (χ3v) is 3.73. The van der Waals surface area contributed by atoms with Crippen LogP contribution >= 0.6 is 0 Å². The molecule has 0 aliphatic carbocycles. The predicted molar refractivity (Wildman–Crippen MR) is 90.3 cm³/mol. The maximum Gasteiger partial charge on any atom is 0.156 e. The molecule has 0 spiro atoms. The Bertz CT molecular complexity index is 840. The van der Waals surface area contributed by atoms with Crippen LogP contribution in [0.25, 0.3) is 11.0 Å². The second-order valence-electron chi connectivity index (χ2n) is 5.68. The van der Waals surface area contributed by atoms with Gasteiger partial charge in [-0.3, -0.25) is 0 Å². The van der Waals surface area contributed by atoms with Crippen molar-refractivity contribution < 1.29 is 4.74 Å². The molecule has 0 saturated carbocycles. The first-order valence-corrected chi connectivity index (χ1v) is 7.56. The number of nitrogens with one attached hydrogen (secondary N) is 1. The van der Waals surface area contributed by atoms with Gasteiger partial charge in [-0.25, -0.2) is 15.0 Å². The van der Waals surface area contributed by atoms with E-state index < -0.39 is 0 Å². The highest BCUT2D eigenvalue weighted by Gasteiger charge is 2.08. The Morgan fingerprint density at radius 2 is 1.96 bits per heavy atom. The van der Waals surface area contributed by atoms with Crippen molar-refractivity contribution in [3.05, 3.63) is 47.2 Å². The van der Waals surface area contributed by atoms with Gasteiger partial charge in [0.1, 0.15) is 18.2 Å². The van der Waals surface area contributed by atoms with E-state index in [4.69, 9.17) is 9.72 Å². The average molecular weight is 311 g/mol. The molecule has 0 fully saturated rings. The van der Waals surface area contributed by atoms with Crippen molar-refractivity contribution in [2.45, 2.75) is 27.0 Å². The summed E-state index contributed by atoms with van der Waals surface area (Å²) in [6.07, 6.45) is 0. The van der Waals surface area contributed by atoms with Crippen molar-refractivity contribution in [3.63, 3.8) is 0 Å². The minimum Gasteiger partial charge on any atom is -0.377 e. The maximum absolute atomic E-state index is 5.10. The molecule has 0 atom stereocenters. The average Bonchev–Trinajstić information content (AvgIpc) is 2.80. The molecule has 23 heavy (non-hydrogen) atoms. The second kappa shape index (κ2) is 6.34. The van der Waals surface area contributed by atoms with Crippen LogP contribution in [0, 0.1) is 13.8 Å². The molecule has 0 saturated heterocycles. The van der Waals surface area contributed by atoms with Gasteiger partial charge in [-0.2, -0.15) is 0 Å². The van der Waals surface area contributed by atoms with Gasteiger partial charge < -0.3 is 14.6 Å². The molecule has 120 valence electrons. The maximum atomic E-state index is 5.10. The summed E-state index contributed by atoms with van der Waals surface area (Å²) in [7, 11) is 3.67. The van der Waals surface area contributed by atoms with Crippen molar-refractivity contribution in [1.82, 2.24) is 19.5 Å². The third-order valence-electron chi connectivity index (χ3n) is 3.73. The lowest BCUT2D eigenvalue weighted by atomic mass is 10.2. The van der Waals surface area contributed by atoms with Gasteiger partial charge in [-0.05, 0) is 31.5 Å². The first-order valence-electron chi connectivity index (χ1n) is 7.56. The first kappa shape index (κ1) is 15.4. The molecule has 6 nitrogen and oxygen atoms in total. The van der Waals surface area contributed by atoms with Gasteiger partial charge in [0.15, 0.2) is 5.82 Å². The summed E-state index contributed by atoms with van der Waals surface area (Å²) in [4.78, 5) is 13.5. The van der Waals surface area contributed by atoms with E-state index in [2.05, 4.69) is 45.0 Å². The number of hydrogen-bond donors (Lipinski definition) is 1. The number of hydrogen-bond acceptors (Lipinski definition) is 5. The van der Waals surface area contributed by atoms with E-state index in [0.29, 0.717) is 19.0 Å². The summed E-state index contributed by atoms with van der Waals surface area (Å²) in [5.74, 6) is 2.43. The molecule has 2 heterocycles. The van der Waals surface area contributed by atoms with E-state index in [1.807, 2.05) is 20.0 Å². The highest BCUT2D eigenvalue weighted by Crippen LogP contribution is 2.17. The van der Waals surface area contributed by atoms with Crippen LogP contribution < -0.4 is 5.32 Å². The minimum absolute atomic E-state index is 0.405. The normalized spacial score (nSPS) is 11.1. The molecule has 0 bridgehead atoms.